The fourth-order valence-electron chi connectivity index (χ4n) is 3.13. The van der Waals surface area contributed by atoms with E-state index in [1.807, 2.05) is 18.2 Å². The van der Waals surface area contributed by atoms with Gasteiger partial charge in [0.15, 0.2) is 0 Å². The summed E-state index contributed by atoms with van der Waals surface area (Å²) < 4.78 is 1.47. The highest BCUT2D eigenvalue weighted by molar-refractivity contribution is 5.81. The van der Waals surface area contributed by atoms with E-state index in [-0.39, 0.29) is 29.8 Å². The average molecular weight is 328 g/mol. The summed E-state index contributed by atoms with van der Waals surface area (Å²) in [7, 11) is 0. The molecule has 1 aliphatic heterocycles. The monoisotopic (exact) mass is 328 g/mol. The van der Waals surface area contributed by atoms with Crippen LogP contribution in [0.5, 0.6) is 0 Å². The van der Waals surface area contributed by atoms with Gasteiger partial charge in [0.2, 0.25) is 11.8 Å². The molecule has 0 aliphatic carbocycles. The van der Waals surface area contributed by atoms with Gasteiger partial charge in [0.25, 0.3) is 5.56 Å². The Hall–Kier alpha value is -2.70. The van der Waals surface area contributed by atoms with Crippen LogP contribution in [0.3, 0.4) is 0 Å². The summed E-state index contributed by atoms with van der Waals surface area (Å²) in [4.78, 5) is 42.2. The Kier molecular flexibility index (Phi) is 4.33. The first kappa shape index (κ1) is 16.2. The fourth-order valence-corrected chi connectivity index (χ4v) is 3.13. The van der Waals surface area contributed by atoms with Crippen LogP contribution < -0.4 is 11.3 Å². The number of primary amides is 1. The molecule has 24 heavy (non-hydrogen) atoms. The van der Waals surface area contributed by atoms with Crippen LogP contribution in [0.2, 0.25) is 0 Å². The predicted molar refractivity (Wildman–Crippen MR) is 89.2 cm³/mol. The van der Waals surface area contributed by atoms with Crippen molar-refractivity contribution in [3.05, 3.63) is 40.3 Å². The van der Waals surface area contributed by atoms with Crippen molar-refractivity contribution in [2.24, 2.45) is 11.7 Å². The van der Waals surface area contributed by atoms with Crippen LogP contribution in [0.15, 0.2) is 29.1 Å². The van der Waals surface area contributed by atoms with Gasteiger partial charge in [-0.2, -0.15) is 0 Å². The van der Waals surface area contributed by atoms with Crippen molar-refractivity contribution in [1.82, 2.24) is 14.5 Å². The normalized spacial score (nSPS) is 15.6. The molecule has 2 heterocycles. The first-order chi connectivity index (χ1) is 11.5. The number of hydrogen-bond acceptors (Lipinski definition) is 4. The predicted octanol–water partition coefficient (Wildman–Crippen LogP) is 0.429. The minimum Gasteiger partial charge on any atom is -0.369 e. The number of benzene rings is 1. The number of likely N-dealkylation sites (tertiary alicyclic amines) is 1. The molecule has 7 nitrogen and oxygen atoms in total. The summed E-state index contributed by atoms with van der Waals surface area (Å²) in [6.45, 7) is 2.60. The number of para-hydroxylation sites is 2. The molecule has 3 rings (SSSR count). The van der Waals surface area contributed by atoms with Crippen LogP contribution in [0.25, 0.3) is 11.0 Å². The summed E-state index contributed by atoms with van der Waals surface area (Å²) in [6.07, 6.45) is 1.15. The molecular weight excluding hydrogens is 308 g/mol. The van der Waals surface area contributed by atoms with Gasteiger partial charge in [-0.15, -0.1) is 0 Å². The quantitative estimate of drug-likeness (QED) is 0.883. The van der Waals surface area contributed by atoms with Gasteiger partial charge in [-0.25, -0.2) is 4.98 Å². The molecule has 1 aliphatic rings. The molecule has 1 fully saturated rings. The molecule has 2 amide bonds. The maximum absolute atomic E-state index is 12.6. The number of aromatic nitrogens is 2. The standard InChI is InChI=1S/C17H20N4O3/c1-11-17(24)21(14-5-3-2-4-13(14)19-11)10-15(22)20-8-6-12(7-9-20)16(18)23/h2-5,12H,6-10H2,1H3,(H2,18,23). The van der Waals surface area contributed by atoms with Crippen LogP contribution in [-0.4, -0.2) is 39.4 Å². The molecule has 1 saturated heterocycles. The molecule has 1 aromatic heterocycles. The lowest BCUT2D eigenvalue weighted by molar-refractivity contribution is -0.135. The van der Waals surface area contributed by atoms with Gasteiger partial charge in [-0.1, -0.05) is 12.1 Å². The smallest absolute Gasteiger partial charge is 0.272 e. The van der Waals surface area contributed by atoms with Crippen LogP contribution in [0.1, 0.15) is 18.5 Å². The molecule has 0 radical (unpaired) electrons. The van der Waals surface area contributed by atoms with E-state index in [9.17, 15) is 14.4 Å². The van der Waals surface area contributed by atoms with Gasteiger partial charge >= 0.3 is 0 Å². The van der Waals surface area contributed by atoms with E-state index in [4.69, 9.17) is 5.73 Å². The number of nitrogens with zero attached hydrogens (tertiary/aromatic N) is 3. The van der Waals surface area contributed by atoms with Crippen LogP contribution in [0.4, 0.5) is 0 Å². The molecule has 2 N–H and O–H groups in total. The number of nitrogens with two attached hydrogens (primary N) is 1. The Balaban J connectivity index is 1.83. The topological polar surface area (TPSA) is 98.3 Å². The largest absolute Gasteiger partial charge is 0.369 e. The second-order valence-corrected chi connectivity index (χ2v) is 6.13. The van der Waals surface area contributed by atoms with Crippen molar-refractivity contribution in [2.45, 2.75) is 26.3 Å². The Morgan fingerprint density at radius 2 is 1.92 bits per heavy atom. The second-order valence-electron chi connectivity index (χ2n) is 6.13. The maximum atomic E-state index is 12.6. The molecule has 0 atom stereocenters. The number of piperidine rings is 1. The zero-order chi connectivity index (χ0) is 17.3. The third-order valence-corrected chi connectivity index (χ3v) is 4.56. The Morgan fingerprint density at radius 1 is 1.25 bits per heavy atom. The number of carbonyl (C=O) groups excluding carboxylic acids is 2. The molecule has 7 heteroatoms. The number of hydrogen-bond donors (Lipinski definition) is 1. The second kappa shape index (κ2) is 6.43. The zero-order valence-electron chi connectivity index (χ0n) is 13.6. The number of rotatable bonds is 3. The molecule has 0 spiro atoms. The highest BCUT2D eigenvalue weighted by Gasteiger charge is 2.26. The first-order valence-electron chi connectivity index (χ1n) is 8.00. The molecular formula is C17H20N4O3. The van der Waals surface area contributed by atoms with Gasteiger partial charge in [0, 0.05) is 19.0 Å². The first-order valence-corrected chi connectivity index (χ1v) is 8.00. The number of carbonyl (C=O) groups is 2. The number of amides is 2. The van der Waals surface area contributed by atoms with E-state index in [1.165, 1.54) is 4.57 Å². The van der Waals surface area contributed by atoms with Crippen molar-refractivity contribution < 1.29 is 9.59 Å². The highest BCUT2D eigenvalue weighted by Crippen LogP contribution is 2.17. The van der Waals surface area contributed by atoms with Gasteiger partial charge in [-0.05, 0) is 31.9 Å². The fraction of sp³-hybridized carbons (Fsp3) is 0.412. The summed E-state index contributed by atoms with van der Waals surface area (Å²) >= 11 is 0. The van der Waals surface area contributed by atoms with Crippen molar-refractivity contribution >= 4 is 22.8 Å². The molecule has 0 saturated carbocycles. The highest BCUT2D eigenvalue weighted by atomic mass is 16.2. The van der Waals surface area contributed by atoms with Gasteiger partial charge in [-0.3, -0.25) is 19.0 Å². The van der Waals surface area contributed by atoms with Gasteiger partial charge < -0.3 is 10.6 Å². The number of aryl methyl sites for hydroxylation is 1. The van der Waals surface area contributed by atoms with Gasteiger partial charge in [0.05, 0.1) is 11.0 Å². The van der Waals surface area contributed by atoms with E-state index in [0.717, 1.165) is 0 Å². The SMILES string of the molecule is Cc1nc2ccccc2n(CC(=O)N2CCC(C(N)=O)CC2)c1=O. The molecule has 0 unspecified atom stereocenters. The summed E-state index contributed by atoms with van der Waals surface area (Å²) in [5, 5.41) is 0. The summed E-state index contributed by atoms with van der Waals surface area (Å²) in [5.41, 5.74) is 6.77. The third kappa shape index (κ3) is 3.02. The minimum absolute atomic E-state index is 0.0239. The third-order valence-electron chi connectivity index (χ3n) is 4.56. The maximum Gasteiger partial charge on any atom is 0.272 e. The lowest BCUT2D eigenvalue weighted by atomic mass is 9.96. The lowest BCUT2D eigenvalue weighted by Gasteiger charge is -2.30. The van der Waals surface area contributed by atoms with Crippen LogP contribution >= 0.6 is 0 Å². The summed E-state index contributed by atoms with van der Waals surface area (Å²) in [6, 6.07) is 7.27. The lowest BCUT2D eigenvalue weighted by Crippen LogP contribution is -2.44. The van der Waals surface area contributed by atoms with Crippen molar-refractivity contribution in [2.75, 3.05) is 13.1 Å². The Labute approximate surface area is 139 Å². The summed E-state index contributed by atoms with van der Waals surface area (Å²) in [5.74, 6) is -0.606. The van der Waals surface area contributed by atoms with Crippen LogP contribution in [0, 0.1) is 12.8 Å². The Bertz CT molecular complexity index is 851. The van der Waals surface area contributed by atoms with E-state index >= 15 is 0 Å². The number of fused-ring (bicyclic) bond motifs is 1. The van der Waals surface area contributed by atoms with Crippen molar-refractivity contribution in [3.63, 3.8) is 0 Å². The van der Waals surface area contributed by atoms with Gasteiger partial charge in [0.1, 0.15) is 12.2 Å². The Morgan fingerprint density at radius 3 is 2.58 bits per heavy atom. The zero-order valence-corrected chi connectivity index (χ0v) is 13.6. The van der Waals surface area contributed by atoms with Crippen molar-refractivity contribution in [1.29, 1.82) is 0 Å². The molecule has 2 aromatic rings. The average Bonchev–Trinajstić information content (AvgIpc) is 2.58. The molecule has 0 bridgehead atoms. The van der Waals surface area contributed by atoms with E-state index < -0.39 is 0 Å². The van der Waals surface area contributed by atoms with Crippen molar-refractivity contribution in [3.8, 4) is 0 Å². The van der Waals surface area contributed by atoms with Crippen LogP contribution in [-0.2, 0) is 16.1 Å². The molecule has 1 aromatic carbocycles. The van der Waals surface area contributed by atoms with E-state index in [2.05, 4.69) is 4.98 Å². The van der Waals surface area contributed by atoms with E-state index in [0.29, 0.717) is 42.7 Å². The van der Waals surface area contributed by atoms with E-state index in [1.54, 1.807) is 17.9 Å². The minimum atomic E-state index is -0.311. The molecule has 126 valence electrons.